The molecule has 0 bridgehead atoms. The second-order valence-corrected chi connectivity index (χ2v) is 7.38. The molecule has 114 valence electrons. The van der Waals surface area contributed by atoms with Crippen molar-refractivity contribution in [1.82, 2.24) is 14.5 Å². The summed E-state index contributed by atoms with van der Waals surface area (Å²) in [7, 11) is -3.17. The van der Waals surface area contributed by atoms with Gasteiger partial charge >= 0.3 is 0 Å². The third kappa shape index (κ3) is 3.69. The van der Waals surface area contributed by atoms with Crippen LogP contribution in [0.2, 0.25) is 0 Å². The molecule has 8 heteroatoms. The normalized spacial score (nSPS) is 23.2. The molecule has 1 N–H and O–H groups in total. The quantitative estimate of drug-likeness (QED) is 0.709. The Hall–Kier alpha value is -1.15. The first-order valence-electron chi connectivity index (χ1n) is 6.88. The zero-order valence-corrected chi connectivity index (χ0v) is 12.5. The number of hydrogen-bond donors (Lipinski definition) is 1. The molecular weight excluding hydrogens is 282 g/mol. The number of hydrogen-bond acceptors (Lipinski definition) is 4. The summed E-state index contributed by atoms with van der Waals surface area (Å²) in [6, 6.07) is 0. The molecule has 20 heavy (non-hydrogen) atoms. The Balaban J connectivity index is 1.92. The van der Waals surface area contributed by atoms with Crippen molar-refractivity contribution in [3.8, 4) is 0 Å². The first-order chi connectivity index (χ1) is 9.38. The minimum atomic E-state index is -3.17. The fraction of sp³-hybridized carbons (Fsp3) is 0.833. The lowest BCUT2D eigenvalue weighted by Crippen LogP contribution is -2.45. The van der Waals surface area contributed by atoms with E-state index in [9.17, 15) is 18.0 Å². The van der Waals surface area contributed by atoms with Crippen LogP contribution in [0.15, 0.2) is 0 Å². The van der Waals surface area contributed by atoms with E-state index < -0.39 is 10.0 Å². The van der Waals surface area contributed by atoms with Gasteiger partial charge < -0.3 is 10.2 Å². The van der Waals surface area contributed by atoms with Gasteiger partial charge in [0, 0.05) is 32.1 Å². The molecule has 2 aliphatic rings. The van der Waals surface area contributed by atoms with E-state index in [1.54, 1.807) is 4.90 Å². The van der Waals surface area contributed by atoms with Crippen molar-refractivity contribution in [3.63, 3.8) is 0 Å². The maximum atomic E-state index is 12.4. The van der Waals surface area contributed by atoms with Gasteiger partial charge in [-0.15, -0.1) is 0 Å². The van der Waals surface area contributed by atoms with E-state index in [-0.39, 0.29) is 24.3 Å². The highest BCUT2D eigenvalue weighted by molar-refractivity contribution is 7.88. The summed E-state index contributed by atoms with van der Waals surface area (Å²) in [5.74, 6) is -0.307. The van der Waals surface area contributed by atoms with Gasteiger partial charge in [0.1, 0.15) is 0 Å². The summed E-state index contributed by atoms with van der Waals surface area (Å²) in [5.41, 5.74) is 0. The van der Waals surface area contributed by atoms with Crippen molar-refractivity contribution in [2.45, 2.75) is 19.3 Å². The van der Waals surface area contributed by atoms with E-state index in [0.29, 0.717) is 39.0 Å². The Bertz CT molecular complexity index is 483. The molecule has 0 radical (unpaired) electrons. The summed E-state index contributed by atoms with van der Waals surface area (Å²) >= 11 is 0. The van der Waals surface area contributed by atoms with E-state index in [0.717, 1.165) is 6.42 Å². The topological polar surface area (TPSA) is 86.8 Å². The summed E-state index contributed by atoms with van der Waals surface area (Å²) in [6.07, 6.45) is 3.02. The van der Waals surface area contributed by atoms with Gasteiger partial charge in [-0.25, -0.2) is 12.7 Å². The molecule has 0 aliphatic carbocycles. The third-order valence-corrected chi connectivity index (χ3v) is 5.15. The molecule has 0 aromatic rings. The van der Waals surface area contributed by atoms with Crippen LogP contribution in [0.5, 0.6) is 0 Å². The van der Waals surface area contributed by atoms with Gasteiger partial charge in [0.05, 0.1) is 12.8 Å². The van der Waals surface area contributed by atoms with Crippen molar-refractivity contribution in [1.29, 1.82) is 0 Å². The number of carbonyl (C=O) groups is 2. The number of amides is 2. The molecule has 0 unspecified atom stereocenters. The first-order valence-corrected chi connectivity index (χ1v) is 8.73. The second-order valence-electron chi connectivity index (χ2n) is 5.40. The predicted octanol–water partition coefficient (Wildman–Crippen LogP) is -0.993. The van der Waals surface area contributed by atoms with Crippen LogP contribution in [0.1, 0.15) is 19.3 Å². The number of rotatable bonds is 2. The Morgan fingerprint density at radius 3 is 2.50 bits per heavy atom. The van der Waals surface area contributed by atoms with Gasteiger partial charge in [-0.3, -0.25) is 9.59 Å². The van der Waals surface area contributed by atoms with E-state index in [1.165, 1.54) is 10.6 Å². The minimum absolute atomic E-state index is 0.0183. The van der Waals surface area contributed by atoms with Crippen LogP contribution in [0.4, 0.5) is 0 Å². The average Bonchev–Trinajstić information content (AvgIpc) is 2.62. The maximum absolute atomic E-state index is 12.4. The van der Waals surface area contributed by atoms with E-state index in [2.05, 4.69) is 5.32 Å². The zero-order valence-electron chi connectivity index (χ0n) is 11.7. The summed E-state index contributed by atoms with van der Waals surface area (Å²) in [6.45, 7) is 2.08. The minimum Gasteiger partial charge on any atom is -0.354 e. The lowest BCUT2D eigenvalue weighted by Gasteiger charge is -2.32. The van der Waals surface area contributed by atoms with Crippen LogP contribution in [0, 0.1) is 5.92 Å². The number of nitrogens with zero attached hydrogens (tertiary/aromatic N) is 2. The second kappa shape index (κ2) is 6.09. The smallest absolute Gasteiger partial charge is 0.239 e. The summed E-state index contributed by atoms with van der Waals surface area (Å²) in [5, 5.41) is 2.74. The molecule has 2 rings (SSSR count). The molecule has 0 atom stereocenters. The summed E-state index contributed by atoms with van der Waals surface area (Å²) in [4.78, 5) is 25.5. The Morgan fingerprint density at radius 1 is 1.25 bits per heavy atom. The highest BCUT2D eigenvalue weighted by Gasteiger charge is 2.32. The molecular formula is C12H21N3O4S. The van der Waals surface area contributed by atoms with Crippen molar-refractivity contribution >= 4 is 21.8 Å². The molecule has 0 aromatic heterocycles. The molecule has 2 fully saturated rings. The number of piperidine rings is 1. The molecule has 0 saturated carbocycles. The molecule has 2 aliphatic heterocycles. The van der Waals surface area contributed by atoms with Gasteiger partial charge in [-0.2, -0.15) is 0 Å². The van der Waals surface area contributed by atoms with Gasteiger partial charge in [0.25, 0.3) is 0 Å². The van der Waals surface area contributed by atoms with E-state index in [1.807, 2.05) is 0 Å². The molecule has 2 amide bonds. The lowest BCUT2D eigenvalue weighted by molar-refractivity contribution is -0.139. The van der Waals surface area contributed by atoms with Crippen LogP contribution < -0.4 is 5.32 Å². The van der Waals surface area contributed by atoms with E-state index >= 15 is 0 Å². The molecule has 0 spiro atoms. The highest BCUT2D eigenvalue weighted by Crippen LogP contribution is 2.21. The van der Waals surface area contributed by atoms with Gasteiger partial charge in [-0.05, 0) is 19.3 Å². The Kier molecular flexibility index (Phi) is 4.64. The average molecular weight is 303 g/mol. The predicted molar refractivity (Wildman–Crippen MR) is 73.3 cm³/mol. The highest BCUT2D eigenvalue weighted by atomic mass is 32.2. The summed E-state index contributed by atoms with van der Waals surface area (Å²) < 4.78 is 24.3. The monoisotopic (exact) mass is 303 g/mol. The molecule has 2 heterocycles. The first kappa shape index (κ1) is 15.2. The third-order valence-electron chi connectivity index (χ3n) is 3.85. The van der Waals surface area contributed by atoms with Crippen molar-refractivity contribution in [2.75, 3.05) is 39.0 Å². The van der Waals surface area contributed by atoms with Crippen molar-refractivity contribution in [3.05, 3.63) is 0 Å². The zero-order chi connectivity index (χ0) is 14.8. The Morgan fingerprint density at radius 2 is 1.90 bits per heavy atom. The van der Waals surface area contributed by atoms with Crippen LogP contribution in [0.3, 0.4) is 0 Å². The lowest BCUT2D eigenvalue weighted by atomic mass is 9.96. The van der Waals surface area contributed by atoms with Gasteiger partial charge in [-0.1, -0.05) is 0 Å². The van der Waals surface area contributed by atoms with Crippen LogP contribution >= 0.6 is 0 Å². The SMILES string of the molecule is CS(=O)(=O)N1CCC(C(=O)N2CCCNC(=O)C2)CC1. The fourth-order valence-corrected chi connectivity index (χ4v) is 3.56. The molecule has 2 saturated heterocycles. The number of carbonyl (C=O) groups excluding carboxylic acids is 2. The van der Waals surface area contributed by atoms with Crippen LogP contribution in [-0.4, -0.2) is 68.4 Å². The fourth-order valence-electron chi connectivity index (χ4n) is 2.69. The van der Waals surface area contributed by atoms with Crippen LogP contribution in [0.25, 0.3) is 0 Å². The number of sulfonamides is 1. The largest absolute Gasteiger partial charge is 0.354 e. The van der Waals surface area contributed by atoms with Gasteiger partial charge in [0.2, 0.25) is 21.8 Å². The molecule has 7 nitrogen and oxygen atoms in total. The maximum Gasteiger partial charge on any atom is 0.239 e. The number of nitrogens with one attached hydrogen (secondary N) is 1. The molecule has 0 aromatic carbocycles. The van der Waals surface area contributed by atoms with Crippen LogP contribution in [-0.2, 0) is 19.6 Å². The Labute approximate surface area is 119 Å². The standard InChI is InChI=1S/C12H21N3O4S/c1-20(18,19)15-7-3-10(4-8-15)12(17)14-6-2-5-13-11(16)9-14/h10H,2-9H2,1H3,(H,13,16). The van der Waals surface area contributed by atoms with Crippen molar-refractivity contribution in [2.24, 2.45) is 5.92 Å². The van der Waals surface area contributed by atoms with Gasteiger partial charge in [0.15, 0.2) is 0 Å². The van der Waals surface area contributed by atoms with E-state index in [4.69, 9.17) is 0 Å². The van der Waals surface area contributed by atoms with Crippen molar-refractivity contribution < 1.29 is 18.0 Å².